The molecule has 0 spiro atoms. The summed E-state index contributed by atoms with van der Waals surface area (Å²) < 4.78 is 0. The first-order chi connectivity index (χ1) is 12.6. The van der Waals surface area contributed by atoms with Crippen molar-refractivity contribution in [3.8, 4) is 0 Å². The number of hydrogen-bond donors (Lipinski definition) is 2. The molecule has 0 bridgehead atoms. The zero-order valence-corrected chi connectivity index (χ0v) is 19.5. The lowest BCUT2D eigenvalue weighted by Gasteiger charge is -2.36. The van der Waals surface area contributed by atoms with Gasteiger partial charge in [0.2, 0.25) is 0 Å². The van der Waals surface area contributed by atoms with Crippen LogP contribution in [0.5, 0.6) is 0 Å². The smallest absolute Gasteiger partial charge is 0.191 e. The molecular weight excluding hydrogens is 447 g/mol. The van der Waals surface area contributed by atoms with E-state index in [0.29, 0.717) is 12.1 Å². The van der Waals surface area contributed by atoms with E-state index in [9.17, 15) is 0 Å². The zero-order valence-electron chi connectivity index (χ0n) is 17.2. The van der Waals surface area contributed by atoms with Crippen LogP contribution in [-0.2, 0) is 5.41 Å². The Morgan fingerprint density at radius 3 is 2.33 bits per heavy atom. The van der Waals surface area contributed by atoms with Gasteiger partial charge in [0.05, 0.1) is 0 Å². The number of aliphatic imine (C=N–C) groups is 1. The Morgan fingerprint density at radius 2 is 1.78 bits per heavy atom. The topological polar surface area (TPSA) is 39.7 Å². The fraction of sp³-hybridized carbons (Fsp3) is 0.682. The first-order valence-electron chi connectivity index (χ1n) is 10.4. The Balaban J connectivity index is 0.00000261. The minimum absolute atomic E-state index is 0. The molecule has 3 rings (SSSR count). The molecule has 0 aromatic heterocycles. The van der Waals surface area contributed by atoms with Crippen LogP contribution in [-0.4, -0.2) is 49.6 Å². The van der Waals surface area contributed by atoms with Crippen molar-refractivity contribution in [2.24, 2.45) is 4.99 Å². The molecule has 152 valence electrons. The normalized spacial score (nSPS) is 21.1. The van der Waals surface area contributed by atoms with Crippen molar-refractivity contribution >= 4 is 29.9 Å². The maximum atomic E-state index is 4.50. The highest BCUT2D eigenvalue weighted by Gasteiger charge is 2.35. The van der Waals surface area contributed by atoms with Gasteiger partial charge in [-0.25, -0.2) is 0 Å². The molecule has 4 nitrogen and oxygen atoms in total. The summed E-state index contributed by atoms with van der Waals surface area (Å²) in [5.74, 6) is 0.968. The van der Waals surface area contributed by atoms with Gasteiger partial charge in [-0.2, -0.15) is 0 Å². The Kier molecular flexibility index (Phi) is 8.86. The molecule has 0 atom stereocenters. The second-order valence-electron chi connectivity index (χ2n) is 8.33. The van der Waals surface area contributed by atoms with E-state index in [1.807, 2.05) is 7.05 Å². The van der Waals surface area contributed by atoms with Crippen molar-refractivity contribution in [3.63, 3.8) is 0 Å². The Morgan fingerprint density at radius 1 is 1.15 bits per heavy atom. The first kappa shape index (κ1) is 22.5. The third-order valence-electron chi connectivity index (χ3n) is 6.37. The zero-order chi connectivity index (χ0) is 18.4. The maximum Gasteiger partial charge on any atom is 0.191 e. The Labute approximate surface area is 182 Å². The molecule has 1 saturated heterocycles. The van der Waals surface area contributed by atoms with Gasteiger partial charge in [0, 0.05) is 44.2 Å². The van der Waals surface area contributed by atoms with Crippen LogP contribution in [0.15, 0.2) is 35.3 Å². The minimum Gasteiger partial charge on any atom is -0.356 e. The number of benzene rings is 1. The predicted octanol–water partition coefficient (Wildman–Crippen LogP) is 4.15. The lowest BCUT2D eigenvalue weighted by Crippen LogP contribution is -2.51. The van der Waals surface area contributed by atoms with Gasteiger partial charge in [0.25, 0.3) is 0 Å². The van der Waals surface area contributed by atoms with Gasteiger partial charge in [0.15, 0.2) is 5.96 Å². The molecule has 1 aliphatic carbocycles. The van der Waals surface area contributed by atoms with E-state index in [1.165, 1.54) is 57.2 Å². The number of rotatable bonds is 5. The molecule has 1 aromatic carbocycles. The molecule has 2 N–H and O–H groups in total. The molecule has 0 amide bonds. The van der Waals surface area contributed by atoms with E-state index in [1.54, 1.807) is 0 Å². The molecule has 0 radical (unpaired) electrons. The van der Waals surface area contributed by atoms with Gasteiger partial charge in [-0.1, -0.05) is 43.2 Å². The molecule has 1 aliphatic heterocycles. The average molecular weight is 484 g/mol. The van der Waals surface area contributed by atoms with Crippen molar-refractivity contribution in [3.05, 3.63) is 35.9 Å². The third-order valence-corrected chi connectivity index (χ3v) is 6.37. The van der Waals surface area contributed by atoms with Crippen LogP contribution in [0.25, 0.3) is 0 Å². The van der Waals surface area contributed by atoms with Crippen molar-refractivity contribution < 1.29 is 0 Å². The SMILES string of the molecule is CN=C(NCC1(c2ccccc2)CCCC1)NC1CCN(C(C)C)CC1.I. The standard InChI is InChI=1S/C22H36N4.HI/c1-18(2)26-15-11-20(12-16-26)25-21(23-3)24-17-22(13-7-8-14-22)19-9-5-4-6-10-19;/h4-6,9-10,18,20H,7-8,11-17H2,1-3H3,(H2,23,24,25);1H. The molecule has 27 heavy (non-hydrogen) atoms. The van der Waals surface area contributed by atoms with Gasteiger partial charge in [-0.3, -0.25) is 4.99 Å². The van der Waals surface area contributed by atoms with Crippen molar-refractivity contribution in [2.45, 2.75) is 69.9 Å². The van der Waals surface area contributed by atoms with Crippen LogP contribution in [0.4, 0.5) is 0 Å². The second kappa shape index (κ2) is 10.6. The summed E-state index contributed by atoms with van der Waals surface area (Å²) in [6.45, 7) is 7.92. The highest BCUT2D eigenvalue weighted by molar-refractivity contribution is 14.0. The third kappa shape index (κ3) is 5.83. The van der Waals surface area contributed by atoms with Gasteiger partial charge in [-0.15, -0.1) is 24.0 Å². The van der Waals surface area contributed by atoms with Gasteiger partial charge in [0.1, 0.15) is 0 Å². The Bertz CT molecular complexity index is 573. The van der Waals surface area contributed by atoms with Crippen LogP contribution in [0, 0.1) is 0 Å². The van der Waals surface area contributed by atoms with Crippen LogP contribution in [0.2, 0.25) is 0 Å². The number of halogens is 1. The lowest BCUT2D eigenvalue weighted by molar-refractivity contribution is 0.167. The van der Waals surface area contributed by atoms with Crippen LogP contribution >= 0.6 is 24.0 Å². The van der Waals surface area contributed by atoms with Gasteiger partial charge in [-0.05, 0) is 45.1 Å². The van der Waals surface area contributed by atoms with E-state index in [-0.39, 0.29) is 29.4 Å². The summed E-state index contributed by atoms with van der Waals surface area (Å²) in [4.78, 5) is 7.07. The predicted molar refractivity (Wildman–Crippen MR) is 126 cm³/mol. The van der Waals surface area contributed by atoms with E-state index in [2.05, 4.69) is 64.7 Å². The van der Waals surface area contributed by atoms with Crippen molar-refractivity contribution in [1.29, 1.82) is 0 Å². The van der Waals surface area contributed by atoms with Crippen LogP contribution in [0.3, 0.4) is 0 Å². The number of hydrogen-bond acceptors (Lipinski definition) is 2. The summed E-state index contributed by atoms with van der Waals surface area (Å²) in [6, 6.07) is 12.2. The highest BCUT2D eigenvalue weighted by atomic mass is 127. The fourth-order valence-electron chi connectivity index (χ4n) is 4.61. The highest BCUT2D eigenvalue weighted by Crippen LogP contribution is 2.40. The number of piperidine rings is 1. The van der Waals surface area contributed by atoms with Crippen molar-refractivity contribution in [1.82, 2.24) is 15.5 Å². The summed E-state index contributed by atoms with van der Waals surface area (Å²) in [7, 11) is 1.89. The quantitative estimate of drug-likeness (QED) is 0.375. The van der Waals surface area contributed by atoms with Gasteiger partial charge < -0.3 is 15.5 Å². The molecule has 2 fully saturated rings. The fourth-order valence-corrected chi connectivity index (χ4v) is 4.61. The minimum atomic E-state index is 0. The van der Waals surface area contributed by atoms with E-state index < -0.39 is 0 Å². The van der Waals surface area contributed by atoms with Gasteiger partial charge >= 0.3 is 0 Å². The largest absolute Gasteiger partial charge is 0.356 e. The Hall–Kier alpha value is -0.820. The summed E-state index contributed by atoms with van der Waals surface area (Å²) in [5, 5.41) is 7.33. The maximum absolute atomic E-state index is 4.50. The number of guanidine groups is 1. The number of nitrogens with zero attached hydrogens (tertiary/aromatic N) is 2. The molecule has 1 heterocycles. The summed E-state index contributed by atoms with van der Waals surface area (Å²) in [6.07, 6.45) is 7.60. The number of nitrogens with one attached hydrogen (secondary N) is 2. The van der Waals surface area contributed by atoms with Crippen molar-refractivity contribution in [2.75, 3.05) is 26.7 Å². The van der Waals surface area contributed by atoms with E-state index in [0.717, 1.165) is 12.5 Å². The van der Waals surface area contributed by atoms with Crippen LogP contribution in [0.1, 0.15) is 57.9 Å². The molecule has 0 unspecified atom stereocenters. The lowest BCUT2D eigenvalue weighted by atomic mass is 9.79. The number of likely N-dealkylation sites (tertiary alicyclic amines) is 1. The molecule has 1 saturated carbocycles. The second-order valence-corrected chi connectivity index (χ2v) is 8.33. The molecule has 1 aromatic rings. The molecule has 5 heteroatoms. The average Bonchev–Trinajstić information content (AvgIpc) is 3.16. The molecule has 2 aliphatic rings. The summed E-state index contributed by atoms with van der Waals surface area (Å²) in [5.41, 5.74) is 1.74. The van der Waals surface area contributed by atoms with Crippen LogP contribution < -0.4 is 10.6 Å². The summed E-state index contributed by atoms with van der Waals surface area (Å²) >= 11 is 0. The van der Waals surface area contributed by atoms with E-state index >= 15 is 0 Å². The first-order valence-corrected chi connectivity index (χ1v) is 10.4. The monoisotopic (exact) mass is 484 g/mol. The van der Waals surface area contributed by atoms with E-state index in [4.69, 9.17) is 0 Å². The molecular formula is C22H37IN4.